The van der Waals surface area contributed by atoms with Gasteiger partial charge in [0.25, 0.3) is 23.6 Å². The van der Waals surface area contributed by atoms with Crippen LogP contribution in [-0.4, -0.2) is 55.5 Å². The molecule has 0 aliphatic rings. The van der Waals surface area contributed by atoms with E-state index in [9.17, 15) is 19.2 Å². The van der Waals surface area contributed by atoms with E-state index >= 15 is 0 Å². The molecule has 3 aromatic heterocycles. The van der Waals surface area contributed by atoms with Crippen LogP contribution in [-0.2, 0) is 14.1 Å². The Labute approximate surface area is 249 Å². The molecule has 0 aliphatic heterocycles. The summed E-state index contributed by atoms with van der Waals surface area (Å²) in [4.78, 5) is 50.9. The lowest BCUT2D eigenvalue weighted by molar-refractivity contribution is 0.0944. The number of rotatable bonds is 10. The van der Waals surface area contributed by atoms with Crippen molar-refractivity contribution in [2.24, 2.45) is 19.8 Å². The zero-order valence-corrected chi connectivity index (χ0v) is 23.7. The van der Waals surface area contributed by atoms with Crippen LogP contribution in [0, 0.1) is 5.41 Å². The molecule has 7 N–H and O–H groups in total. The molecule has 0 bridgehead atoms. The van der Waals surface area contributed by atoms with Crippen LogP contribution in [0.3, 0.4) is 0 Å². The number of amidine groups is 1. The molecule has 5 aromatic rings. The summed E-state index contributed by atoms with van der Waals surface area (Å²) in [5.41, 5.74) is 8.91. The van der Waals surface area contributed by atoms with Gasteiger partial charge in [-0.15, -0.1) is 0 Å². The van der Waals surface area contributed by atoms with Crippen molar-refractivity contribution in [2.75, 3.05) is 22.5 Å². The zero-order valence-electron chi connectivity index (χ0n) is 23.7. The number of nitrogens with one attached hydrogen (secondary N) is 5. The Bertz CT molecular complexity index is 1900. The molecule has 0 fully saturated rings. The second kappa shape index (κ2) is 12.3. The Balaban J connectivity index is 1.17. The predicted molar refractivity (Wildman–Crippen MR) is 162 cm³/mol. The molecule has 0 saturated heterocycles. The van der Waals surface area contributed by atoms with Crippen LogP contribution in [0.2, 0.25) is 0 Å². The van der Waals surface area contributed by atoms with Gasteiger partial charge in [-0.05, 0) is 64.9 Å². The van der Waals surface area contributed by atoms with Gasteiger partial charge in [0.2, 0.25) is 0 Å². The first-order valence-corrected chi connectivity index (χ1v) is 13.3. The van der Waals surface area contributed by atoms with Gasteiger partial charge in [0.05, 0.1) is 17.2 Å². The van der Waals surface area contributed by atoms with Crippen LogP contribution >= 0.6 is 0 Å². The third kappa shape index (κ3) is 6.62. The van der Waals surface area contributed by atoms with E-state index in [4.69, 9.17) is 11.1 Å². The Morgan fingerprint density at radius 1 is 0.727 bits per heavy atom. The fraction of sp³-hybridized carbons (Fsp3) is 0.138. The van der Waals surface area contributed by atoms with Crippen LogP contribution < -0.4 is 27.0 Å². The highest BCUT2D eigenvalue weighted by Crippen LogP contribution is 2.19. The van der Waals surface area contributed by atoms with Gasteiger partial charge in [0, 0.05) is 56.3 Å². The number of anilines is 3. The van der Waals surface area contributed by atoms with E-state index in [1.807, 2.05) is 0 Å². The number of nitrogens with zero attached hydrogens (tertiary/aromatic N) is 4. The molecular weight excluding hydrogens is 568 g/mol. The quantitative estimate of drug-likeness (QED) is 0.104. The molecule has 5 rings (SSSR count). The van der Waals surface area contributed by atoms with Gasteiger partial charge in [-0.3, -0.25) is 24.6 Å². The van der Waals surface area contributed by atoms with Crippen molar-refractivity contribution in [3.63, 3.8) is 0 Å². The van der Waals surface area contributed by atoms with Crippen molar-refractivity contribution >= 4 is 57.6 Å². The first kappa shape index (κ1) is 29.2. The number of hydrogen-bond donors (Lipinski definition) is 6. The zero-order chi connectivity index (χ0) is 31.4. The highest BCUT2D eigenvalue weighted by atomic mass is 16.6. The van der Waals surface area contributed by atoms with Crippen molar-refractivity contribution in [1.29, 1.82) is 5.41 Å². The SMILES string of the molecule is Cn1cc(NC(=O)c2cc(NC(=O)c3ccc(NC(=O)c4ccc5nonc5c4)cc3)cn2C)cc1C(=O)NCCC(=N)N. The molecule has 3 heterocycles. The molecule has 0 atom stereocenters. The number of hydrogen-bond acceptors (Lipinski definition) is 8. The fourth-order valence-electron chi connectivity index (χ4n) is 4.35. The van der Waals surface area contributed by atoms with Crippen LogP contribution in [0.4, 0.5) is 17.1 Å². The van der Waals surface area contributed by atoms with Crippen molar-refractivity contribution in [3.05, 3.63) is 89.5 Å². The molecule has 15 nitrogen and oxygen atoms in total. The molecule has 4 amide bonds. The lowest BCUT2D eigenvalue weighted by atomic mass is 10.1. The smallest absolute Gasteiger partial charge is 0.272 e. The molecular formula is C29H28N10O5. The molecule has 0 unspecified atom stereocenters. The molecule has 0 saturated carbocycles. The Morgan fingerprint density at radius 3 is 1.93 bits per heavy atom. The average molecular weight is 597 g/mol. The second-order valence-electron chi connectivity index (χ2n) is 9.89. The predicted octanol–water partition coefficient (Wildman–Crippen LogP) is 2.71. The summed E-state index contributed by atoms with van der Waals surface area (Å²) in [6.45, 7) is 0.222. The molecule has 0 radical (unpaired) electrons. The summed E-state index contributed by atoms with van der Waals surface area (Å²) >= 11 is 0. The van der Waals surface area contributed by atoms with Crippen molar-refractivity contribution in [2.45, 2.75) is 6.42 Å². The molecule has 0 spiro atoms. The van der Waals surface area contributed by atoms with Crippen LogP contribution in [0.5, 0.6) is 0 Å². The highest BCUT2D eigenvalue weighted by Gasteiger charge is 2.18. The maximum Gasteiger partial charge on any atom is 0.272 e. The molecule has 44 heavy (non-hydrogen) atoms. The summed E-state index contributed by atoms with van der Waals surface area (Å²) in [6, 6.07) is 14.2. The Kier molecular flexibility index (Phi) is 8.19. The van der Waals surface area contributed by atoms with E-state index in [0.29, 0.717) is 44.9 Å². The number of amides is 4. The summed E-state index contributed by atoms with van der Waals surface area (Å²) < 4.78 is 7.79. The largest absolute Gasteiger partial charge is 0.388 e. The maximum absolute atomic E-state index is 13.0. The van der Waals surface area contributed by atoms with E-state index in [-0.39, 0.29) is 36.3 Å². The molecule has 224 valence electrons. The topological polar surface area (TPSA) is 215 Å². The highest BCUT2D eigenvalue weighted by molar-refractivity contribution is 6.08. The first-order chi connectivity index (χ1) is 21.1. The molecule has 15 heteroatoms. The summed E-state index contributed by atoms with van der Waals surface area (Å²) in [5.74, 6) is -1.61. The van der Waals surface area contributed by atoms with E-state index in [1.165, 1.54) is 12.1 Å². The van der Waals surface area contributed by atoms with E-state index in [2.05, 4.69) is 36.2 Å². The van der Waals surface area contributed by atoms with Gasteiger partial charge in [-0.25, -0.2) is 4.63 Å². The molecule has 2 aromatic carbocycles. The Morgan fingerprint density at radius 2 is 1.27 bits per heavy atom. The van der Waals surface area contributed by atoms with E-state index < -0.39 is 11.8 Å². The summed E-state index contributed by atoms with van der Waals surface area (Å²) in [6.07, 6.45) is 3.43. The lowest BCUT2D eigenvalue weighted by Crippen LogP contribution is -2.28. The maximum atomic E-state index is 13.0. The number of carbonyl (C=O) groups is 4. The number of fused-ring (bicyclic) bond motifs is 1. The lowest BCUT2D eigenvalue weighted by Gasteiger charge is -2.07. The number of benzene rings is 2. The number of aromatic nitrogens is 4. The number of nitrogens with two attached hydrogens (primary N) is 1. The van der Waals surface area contributed by atoms with Crippen LogP contribution in [0.25, 0.3) is 11.0 Å². The van der Waals surface area contributed by atoms with Crippen molar-refractivity contribution in [3.8, 4) is 0 Å². The van der Waals surface area contributed by atoms with Crippen molar-refractivity contribution in [1.82, 2.24) is 24.8 Å². The fourth-order valence-corrected chi connectivity index (χ4v) is 4.35. The summed E-state index contributed by atoms with van der Waals surface area (Å²) in [7, 11) is 3.33. The third-order valence-corrected chi connectivity index (χ3v) is 6.59. The minimum absolute atomic E-state index is 0.0282. The normalized spacial score (nSPS) is 10.8. The second-order valence-corrected chi connectivity index (χ2v) is 9.89. The van der Waals surface area contributed by atoms with Gasteiger partial charge < -0.3 is 36.1 Å². The number of aryl methyl sites for hydroxylation is 2. The van der Waals surface area contributed by atoms with Gasteiger partial charge in [0.1, 0.15) is 22.4 Å². The average Bonchev–Trinajstić information content (AvgIpc) is 3.70. The van der Waals surface area contributed by atoms with Gasteiger partial charge in [0.15, 0.2) is 0 Å². The first-order valence-electron chi connectivity index (χ1n) is 13.3. The minimum atomic E-state index is -0.443. The van der Waals surface area contributed by atoms with Crippen LogP contribution in [0.15, 0.2) is 71.6 Å². The van der Waals surface area contributed by atoms with E-state index in [1.54, 1.807) is 78.1 Å². The van der Waals surface area contributed by atoms with Gasteiger partial charge in [-0.2, -0.15) is 0 Å². The van der Waals surface area contributed by atoms with E-state index in [0.717, 1.165) is 0 Å². The molecule has 0 aliphatic carbocycles. The standard InChI is InChI=1S/C29H28N10O5/c1-38-15-20(12-23(38)28(42)32-10-9-25(30)31)35-29(43)24-13-19(14-39(24)2)34-26(40)16-3-6-18(7-4-16)33-27(41)17-5-8-21-22(11-17)37-44-36-21/h3-8,11-15H,9-10H2,1-2H3,(H3,30,31)(H,32,42)(H,33,41)(H,34,40)(H,35,43). The van der Waals surface area contributed by atoms with Gasteiger partial charge in [-0.1, -0.05) is 0 Å². The third-order valence-electron chi connectivity index (χ3n) is 6.59. The number of carbonyl (C=O) groups excluding carboxylic acids is 4. The minimum Gasteiger partial charge on any atom is -0.388 e. The summed E-state index contributed by atoms with van der Waals surface area (Å²) in [5, 5.41) is 25.7. The van der Waals surface area contributed by atoms with Crippen LogP contribution in [0.1, 0.15) is 48.1 Å². The Hall–Kier alpha value is -6.25. The van der Waals surface area contributed by atoms with Crippen molar-refractivity contribution < 1.29 is 23.8 Å². The monoisotopic (exact) mass is 596 g/mol. The van der Waals surface area contributed by atoms with Gasteiger partial charge >= 0.3 is 0 Å².